The Hall–Kier alpha value is -2.42. The van der Waals surface area contributed by atoms with Crippen LogP contribution in [-0.4, -0.2) is 29.4 Å². The number of non-ortho nitro benzene ring substituents is 1. The summed E-state index contributed by atoms with van der Waals surface area (Å²) in [5.41, 5.74) is 1.04. The number of aromatic nitrogens is 2. The summed E-state index contributed by atoms with van der Waals surface area (Å²) < 4.78 is 28.6. The lowest BCUT2D eigenvalue weighted by atomic mass is 10.0. The van der Waals surface area contributed by atoms with E-state index in [0.717, 1.165) is 5.56 Å². The Morgan fingerprint density at radius 3 is 2.70 bits per heavy atom. The van der Waals surface area contributed by atoms with E-state index in [0.29, 0.717) is 24.4 Å². The number of nitrogens with zero attached hydrogens (tertiary/aromatic N) is 4. The summed E-state index contributed by atoms with van der Waals surface area (Å²) in [7, 11) is -2.12. The number of imidazole rings is 1. The van der Waals surface area contributed by atoms with Gasteiger partial charge in [-0.05, 0) is 25.3 Å². The minimum absolute atomic E-state index is 0.0446. The van der Waals surface area contributed by atoms with Crippen LogP contribution in [0.1, 0.15) is 17.8 Å². The molecular weight excluding hydrogens is 320 g/mol. The standard InChI is InChI=1S/C14H16N4O4S/c1-10-15-14(9-16(10)2)23(21,22)17-7-3-4-11-5-6-12(18(19)20)8-13(11)17/h5-6,8-9H,3-4,7H2,1-2H3. The summed E-state index contributed by atoms with van der Waals surface area (Å²) in [6, 6.07) is 4.35. The lowest BCUT2D eigenvalue weighted by molar-refractivity contribution is -0.384. The van der Waals surface area contributed by atoms with Gasteiger partial charge in [-0.15, -0.1) is 0 Å². The molecule has 122 valence electrons. The first-order chi connectivity index (χ1) is 10.8. The Kier molecular flexibility index (Phi) is 3.59. The Bertz CT molecular complexity index is 869. The molecule has 0 fully saturated rings. The van der Waals surface area contributed by atoms with Crippen molar-refractivity contribution in [3.63, 3.8) is 0 Å². The predicted octanol–water partition coefficient (Wildman–Crippen LogP) is 1.78. The monoisotopic (exact) mass is 336 g/mol. The molecular formula is C14H16N4O4S. The first-order valence-electron chi connectivity index (χ1n) is 7.11. The predicted molar refractivity (Wildman–Crippen MR) is 83.9 cm³/mol. The number of benzene rings is 1. The van der Waals surface area contributed by atoms with Gasteiger partial charge in [-0.1, -0.05) is 6.07 Å². The molecule has 3 rings (SSSR count). The zero-order valence-corrected chi connectivity index (χ0v) is 13.6. The summed E-state index contributed by atoms with van der Waals surface area (Å²) in [5.74, 6) is 0.583. The van der Waals surface area contributed by atoms with Gasteiger partial charge in [0, 0.05) is 31.9 Å². The van der Waals surface area contributed by atoms with E-state index in [2.05, 4.69) is 4.98 Å². The van der Waals surface area contributed by atoms with E-state index >= 15 is 0 Å². The van der Waals surface area contributed by atoms with Crippen molar-refractivity contribution in [2.75, 3.05) is 10.8 Å². The van der Waals surface area contributed by atoms with Crippen molar-refractivity contribution in [2.45, 2.75) is 24.8 Å². The molecule has 0 saturated carbocycles. The lowest BCUT2D eigenvalue weighted by Crippen LogP contribution is -2.35. The molecule has 2 heterocycles. The largest absolute Gasteiger partial charge is 0.337 e. The third-order valence-electron chi connectivity index (χ3n) is 4.00. The topological polar surface area (TPSA) is 98.3 Å². The van der Waals surface area contributed by atoms with Crippen molar-refractivity contribution in [1.82, 2.24) is 9.55 Å². The molecule has 0 bridgehead atoms. The SMILES string of the molecule is Cc1nc(S(=O)(=O)N2CCCc3ccc([N+](=O)[O-])cc32)cn1C. The van der Waals surface area contributed by atoms with Crippen LogP contribution in [0.3, 0.4) is 0 Å². The fraction of sp³-hybridized carbons (Fsp3) is 0.357. The Morgan fingerprint density at radius 2 is 2.09 bits per heavy atom. The van der Waals surface area contributed by atoms with Crippen molar-refractivity contribution in [2.24, 2.45) is 7.05 Å². The quantitative estimate of drug-likeness (QED) is 0.628. The normalized spacial score (nSPS) is 14.6. The molecule has 2 aromatic rings. The number of hydrogen-bond donors (Lipinski definition) is 0. The van der Waals surface area contributed by atoms with Crippen LogP contribution in [0, 0.1) is 17.0 Å². The van der Waals surface area contributed by atoms with E-state index in [1.54, 1.807) is 24.6 Å². The first-order valence-corrected chi connectivity index (χ1v) is 8.55. The molecule has 1 aromatic carbocycles. The minimum atomic E-state index is -3.84. The number of anilines is 1. The van der Waals surface area contributed by atoms with Gasteiger partial charge in [0.15, 0.2) is 5.03 Å². The fourth-order valence-electron chi connectivity index (χ4n) is 2.66. The molecule has 1 aliphatic heterocycles. The van der Waals surface area contributed by atoms with E-state index < -0.39 is 14.9 Å². The molecule has 9 heteroatoms. The molecule has 23 heavy (non-hydrogen) atoms. The molecule has 0 spiro atoms. The number of fused-ring (bicyclic) bond motifs is 1. The van der Waals surface area contributed by atoms with E-state index in [-0.39, 0.29) is 17.3 Å². The van der Waals surface area contributed by atoms with E-state index in [1.807, 2.05) is 0 Å². The smallest absolute Gasteiger partial charge is 0.283 e. The molecule has 0 radical (unpaired) electrons. The number of rotatable bonds is 3. The third kappa shape index (κ3) is 2.56. The fourth-order valence-corrected chi connectivity index (χ4v) is 4.22. The molecule has 0 atom stereocenters. The van der Waals surface area contributed by atoms with Crippen LogP contribution in [0.2, 0.25) is 0 Å². The molecule has 1 aliphatic rings. The molecule has 8 nitrogen and oxygen atoms in total. The lowest BCUT2D eigenvalue weighted by Gasteiger charge is -2.29. The van der Waals surface area contributed by atoms with E-state index in [4.69, 9.17) is 0 Å². The molecule has 0 saturated heterocycles. The highest BCUT2D eigenvalue weighted by atomic mass is 32.2. The van der Waals surface area contributed by atoms with Crippen LogP contribution in [-0.2, 0) is 23.5 Å². The van der Waals surface area contributed by atoms with Gasteiger partial charge in [-0.2, -0.15) is 8.42 Å². The molecule has 1 aromatic heterocycles. The first kappa shape index (κ1) is 15.5. The van der Waals surface area contributed by atoms with Gasteiger partial charge < -0.3 is 4.57 Å². The van der Waals surface area contributed by atoms with Gasteiger partial charge in [0.2, 0.25) is 0 Å². The van der Waals surface area contributed by atoms with Crippen LogP contribution in [0.5, 0.6) is 0 Å². The second-order valence-corrected chi connectivity index (χ2v) is 7.30. The number of hydrogen-bond acceptors (Lipinski definition) is 5. The highest BCUT2D eigenvalue weighted by Crippen LogP contribution is 2.34. The second-order valence-electron chi connectivity index (χ2n) is 5.49. The number of aryl methyl sites for hydroxylation is 3. The van der Waals surface area contributed by atoms with E-state index in [1.165, 1.54) is 22.6 Å². The van der Waals surface area contributed by atoms with Gasteiger partial charge in [0.05, 0.1) is 10.6 Å². The highest BCUT2D eigenvalue weighted by molar-refractivity contribution is 7.92. The maximum atomic E-state index is 12.9. The van der Waals surface area contributed by atoms with Gasteiger partial charge >= 0.3 is 0 Å². The number of nitro groups is 1. The minimum Gasteiger partial charge on any atom is -0.337 e. The Balaban J connectivity index is 2.12. The maximum absolute atomic E-state index is 12.9. The van der Waals surface area contributed by atoms with Crippen molar-refractivity contribution >= 4 is 21.4 Å². The van der Waals surface area contributed by atoms with Crippen LogP contribution >= 0.6 is 0 Å². The summed E-state index contributed by atoms with van der Waals surface area (Å²) in [4.78, 5) is 14.5. The van der Waals surface area contributed by atoms with Crippen molar-refractivity contribution in [3.8, 4) is 0 Å². The molecule has 0 unspecified atom stereocenters. The van der Waals surface area contributed by atoms with Crippen LogP contribution in [0.15, 0.2) is 29.4 Å². The van der Waals surface area contributed by atoms with Gasteiger partial charge in [-0.3, -0.25) is 14.4 Å². The average Bonchev–Trinajstić information content (AvgIpc) is 2.86. The maximum Gasteiger partial charge on any atom is 0.283 e. The van der Waals surface area contributed by atoms with Gasteiger partial charge in [-0.25, -0.2) is 4.98 Å². The molecule has 0 amide bonds. The molecule has 0 aliphatic carbocycles. The van der Waals surface area contributed by atoms with Crippen LogP contribution in [0.25, 0.3) is 0 Å². The summed E-state index contributed by atoms with van der Waals surface area (Å²) >= 11 is 0. The number of sulfonamides is 1. The summed E-state index contributed by atoms with van der Waals surface area (Å²) in [6.45, 7) is 2.00. The van der Waals surface area contributed by atoms with Crippen LogP contribution in [0.4, 0.5) is 11.4 Å². The summed E-state index contributed by atoms with van der Waals surface area (Å²) in [5, 5.41) is 10.9. The zero-order chi connectivity index (χ0) is 16.8. The number of nitro benzene ring substituents is 1. The van der Waals surface area contributed by atoms with Crippen molar-refractivity contribution < 1.29 is 13.3 Å². The Labute approximate surface area is 133 Å². The molecule has 0 N–H and O–H groups in total. The Morgan fingerprint density at radius 1 is 1.35 bits per heavy atom. The van der Waals surface area contributed by atoms with Gasteiger partial charge in [0.1, 0.15) is 5.82 Å². The van der Waals surface area contributed by atoms with Crippen molar-refractivity contribution in [1.29, 1.82) is 0 Å². The highest BCUT2D eigenvalue weighted by Gasteiger charge is 2.32. The van der Waals surface area contributed by atoms with E-state index in [9.17, 15) is 18.5 Å². The average molecular weight is 336 g/mol. The second kappa shape index (κ2) is 5.34. The zero-order valence-electron chi connectivity index (χ0n) is 12.8. The van der Waals surface area contributed by atoms with Crippen molar-refractivity contribution in [3.05, 3.63) is 45.9 Å². The summed E-state index contributed by atoms with van der Waals surface area (Å²) in [6.07, 6.45) is 2.81. The van der Waals surface area contributed by atoms with Crippen LogP contribution < -0.4 is 4.31 Å². The van der Waals surface area contributed by atoms with Gasteiger partial charge in [0.25, 0.3) is 15.7 Å². The third-order valence-corrected chi connectivity index (χ3v) is 5.68.